The Morgan fingerprint density at radius 2 is 2.04 bits per heavy atom. The molecule has 0 bridgehead atoms. The van der Waals surface area contributed by atoms with Crippen LogP contribution in [0, 0.1) is 0 Å². The van der Waals surface area contributed by atoms with Crippen LogP contribution < -0.4 is 0 Å². The van der Waals surface area contributed by atoms with Crippen LogP contribution in [0.3, 0.4) is 0 Å². The number of rotatable bonds is 7. The minimum atomic E-state index is -0.890. The molecule has 2 aliphatic rings. The normalized spacial score (nSPS) is 25.0. The molecule has 5 nitrogen and oxygen atoms in total. The number of esters is 2. The third-order valence-corrected chi connectivity index (χ3v) is 4.19. The van der Waals surface area contributed by atoms with Crippen LogP contribution in [0.1, 0.15) is 46.5 Å². The van der Waals surface area contributed by atoms with E-state index >= 15 is 0 Å². The van der Waals surface area contributed by atoms with Crippen molar-refractivity contribution in [1.82, 2.24) is 0 Å². The van der Waals surface area contributed by atoms with Crippen molar-refractivity contribution in [3.05, 3.63) is 46.6 Å². The molecule has 0 aromatic heterocycles. The summed E-state index contributed by atoms with van der Waals surface area (Å²) in [5.74, 6) is -0.690. The number of aliphatic hydroxyl groups excluding tert-OH is 1. The topological polar surface area (TPSA) is 72.8 Å². The van der Waals surface area contributed by atoms with Gasteiger partial charge in [0.15, 0.2) is 6.10 Å². The van der Waals surface area contributed by atoms with E-state index in [9.17, 15) is 14.7 Å². The molecule has 0 radical (unpaired) electrons. The van der Waals surface area contributed by atoms with Crippen molar-refractivity contribution in [2.45, 2.75) is 58.7 Å². The molecule has 0 amide bonds. The van der Waals surface area contributed by atoms with Crippen molar-refractivity contribution >= 4 is 11.9 Å². The molecule has 0 unspecified atom stereocenters. The van der Waals surface area contributed by atoms with Gasteiger partial charge in [-0.3, -0.25) is 0 Å². The summed E-state index contributed by atoms with van der Waals surface area (Å²) in [7, 11) is 0. The Bertz CT molecular complexity index is 647. The van der Waals surface area contributed by atoms with Crippen LogP contribution in [0.15, 0.2) is 46.6 Å². The van der Waals surface area contributed by atoms with Gasteiger partial charge in [0.2, 0.25) is 0 Å². The van der Waals surface area contributed by atoms with Crippen molar-refractivity contribution in [3.8, 4) is 0 Å². The summed E-state index contributed by atoms with van der Waals surface area (Å²) in [6.45, 7) is 6.25. The number of aliphatic hydroxyl groups is 1. The molecule has 5 heteroatoms. The van der Waals surface area contributed by atoms with Gasteiger partial charge in [0.25, 0.3) is 0 Å². The summed E-state index contributed by atoms with van der Waals surface area (Å²) in [5, 5.41) is 10.2. The van der Waals surface area contributed by atoms with Gasteiger partial charge in [0.05, 0.1) is 5.57 Å². The van der Waals surface area contributed by atoms with Crippen LogP contribution in [0.5, 0.6) is 0 Å². The predicted octanol–water partition coefficient (Wildman–Crippen LogP) is 3.16. The van der Waals surface area contributed by atoms with E-state index in [1.807, 2.05) is 20.8 Å². The van der Waals surface area contributed by atoms with Crippen LogP contribution in [0.2, 0.25) is 0 Å². The lowest BCUT2D eigenvalue weighted by Crippen LogP contribution is -2.19. The van der Waals surface area contributed by atoms with Crippen LogP contribution in [0.25, 0.3) is 0 Å². The van der Waals surface area contributed by atoms with E-state index in [1.165, 1.54) is 5.57 Å². The fraction of sp³-hybridized carbons (Fsp3) is 0.500. The van der Waals surface area contributed by atoms with Gasteiger partial charge in [0, 0.05) is 6.08 Å². The molecule has 2 aliphatic heterocycles. The first-order valence-corrected chi connectivity index (χ1v) is 8.62. The van der Waals surface area contributed by atoms with Crippen molar-refractivity contribution in [2.75, 3.05) is 6.61 Å². The molecule has 0 aromatic rings. The Hall–Kier alpha value is -2.14. The van der Waals surface area contributed by atoms with Gasteiger partial charge < -0.3 is 14.6 Å². The summed E-state index contributed by atoms with van der Waals surface area (Å²) >= 11 is 0. The maximum Gasteiger partial charge on any atom is 0.337 e. The van der Waals surface area contributed by atoms with Gasteiger partial charge in [-0.15, -0.1) is 0 Å². The average Bonchev–Trinajstić information content (AvgIpc) is 3.05. The number of cyclic esters (lactones) is 2. The van der Waals surface area contributed by atoms with E-state index in [1.54, 1.807) is 18.2 Å². The molecule has 2 heterocycles. The van der Waals surface area contributed by atoms with E-state index in [2.05, 4.69) is 6.08 Å². The van der Waals surface area contributed by atoms with E-state index in [-0.39, 0.29) is 5.97 Å². The summed E-state index contributed by atoms with van der Waals surface area (Å²) in [4.78, 5) is 22.8. The van der Waals surface area contributed by atoms with Gasteiger partial charge in [-0.05, 0) is 58.1 Å². The molecule has 0 spiro atoms. The second-order valence-electron chi connectivity index (χ2n) is 6.76. The minimum Gasteiger partial charge on any atom is -0.458 e. The summed E-state index contributed by atoms with van der Waals surface area (Å²) in [6.07, 6.45) is 8.93. The van der Waals surface area contributed by atoms with E-state index in [4.69, 9.17) is 9.47 Å². The number of hydrogen-bond donors (Lipinski definition) is 1. The third-order valence-electron chi connectivity index (χ3n) is 4.19. The van der Waals surface area contributed by atoms with Crippen LogP contribution in [-0.4, -0.2) is 35.9 Å². The second-order valence-corrected chi connectivity index (χ2v) is 6.76. The largest absolute Gasteiger partial charge is 0.458 e. The molecule has 0 saturated carbocycles. The van der Waals surface area contributed by atoms with Crippen molar-refractivity contribution in [1.29, 1.82) is 0 Å². The Morgan fingerprint density at radius 1 is 1.28 bits per heavy atom. The van der Waals surface area contributed by atoms with E-state index < -0.39 is 18.2 Å². The molecule has 1 N–H and O–H groups in total. The van der Waals surface area contributed by atoms with Crippen LogP contribution in [-0.2, 0) is 19.1 Å². The number of carbonyl (C=O) groups is 2. The fourth-order valence-electron chi connectivity index (χ4n) is 2.83. The van der Waals surface area contributed by atoms with E-state index in [0.29, 0.717) is 18.6 Å². The highest BCUT2D eigenvalue weighted by Crippen LogP contribution is 2.24. The van der Waals surface area contributed by atoms with Crippen molar-refractivity contribution < 1.29 is 24.2 Å². The highest BCUT2D eigenvalue weighted by atomic mass is 16.6. The standard InChI is InChI=1S/C20H26O5/c1-13(2)10-17-19(22)16(20(23)25-17)9-5-7-14(3)6-4-8-15-11-18(21)24-12-15/h6,9-11,17,19,22H,4-5,7-8,12H2,1-3H3/b14-6+,16-9+/t17-,19-/m0/s1. The lowest BCUT2D eigenvalue weighted by atomic mass is 10.0. The summed E-state index contributed by atoms with van der Waals surface area (Å²) in [5.41, 5.74) is 3.59. The number of ether oxygens (including phenoxy) is 2. The number of allylic oxidation sites excluding steroid dienone is 4. The summed E-state index contributed by atoms with van der Waals surface area (Å²) < 4.78 is 10.1. The quantitative estimate of drug-likeness (QED) is 0.435. The molecule has 0 aliphatic carbocycles. The molecule has 2 rings (SSSR count). The smallest absolute Gasteiger partial charge is 0.337 e. The Kier molecular flexibility index (Phi) is 6.76. The third kappa shape index (κ3) is 5.71. The van der Waals surface area contributed by atoms with Gasteiger partial charge in [-0.2, -0.15) is 0 Å². The lowest BCUT2D eigenvalue weighted by Gasteiger charge is -2.08. The SMILES string of the molecule is CC(C)=C[C@@H]1OC(=O)/C(=C/CC/C(C)=C/CCC2=CC(=O)OC2)[C@@H]1O. The average molecular weight is 346 g/mol. The molecular weight excluding hydrogens is 320 g/mol. The highest BCUT2D eigenvalue weighted by molar-refractivity contribution is 5.92. The first-order chi connectivity index (χ1) is 11.9. The van der Waals surface area contributed by atoms with Crippen molar-refractivity contribution in [2.24, 2.45) is 0 Å². The van der Waals surface area contributed by atoms with Crippen LogP contribution >= 0.6 is 0 Å². The Balaban J connectivity index is 1.80. The molecule has 1 saturated heterocycles. The first-order valence-electron chi connectivity index (χ1n) is 8.62. The lowest BCUT2D eigenvalue weighted by molar-refractivity contribution is -0.138. The van der Waals surface area contributed by atoms with Gasteiger partial charge in [0.1, 0.15) is 12.7 Å². The van der Waals surface area contributed by atoms with Gasteiger partial charge >= 0.3 is 11.9 Å². The molecule has 0 aromatic carbocycles. The maximum absolute atomic E-state index is 11.9. The number of hydrogen-bond acceptors (Lipinski definition) is 5. The van der Waals surface area contributed by atoms with Gasteiger partial charge in [-0.1, -0.05) is 23.3 Å². The zero-order chi connectivity index (χ0) is 18.4. The predicted molar refractivity (Wildman–Crippen MR) is 94.7 cm³/mol. The van der Waals surface area contributed by atoms with Gasteiger partial charge in [-0.25, -0.2) is 9.59 Å². The van der Waals surface area contributed by atoms with E-state index in [0.717, 1.165) is 30.4 Å². The van der Waals surface area contributed by atoms with Crippen LogP contribution in [0.4, 0.5) is 0 Å². The Labute approximate surface area is 148 Å². The molecular formula is C20H26O5. The monoisotopic (exact) mass is 346 g/mol. The summed E-state index contributed by atoms with van der Waals surface area (Å²) in [6, 6.07) is 0. The fourth-order valence-corrected chi connectivity index (χ4v) is 2.83. The molecule has 2 atom stereocenters. The molecule has 1 fully saturated rings. The molecule has 136 valence electrons. The van der Waals surface area contributed by atoms with Crippen molar-refractivity contribution in [3.63, 3.8) is 0 Å². The zero-order valence-corrected chi connectivity index (χ0v) is 15.1. The second kappa shape index (κ2) is 8.81. The number of carbonyl (C=O) groups excluding carboxylic acids is 2. The minimum absolute atomic E-state index is 0.254. The zero-order valence-electron chi connectivity index (χ0n) is 15.1. The first kappa shape index (κ1) is 19.2. The molecule has 25 heavy (non-hydrogen) atoms. The Morgan fingerprint density at radius 3 is 2.68 bits per heavy atom. The highest BCUT2D eigenvalue weighted by Gasteiger charge is 2.36. The maximum atomic E-state index is 11.9.